The lowest BCUT2D eigenvalue weighted by molar-refractivity contribution is 0.0606. The van der Waals surface area contributed by atoms with E-state index >= 15 is 0 Å². The number of benzene rings is 1. The standard InChI is InChI=1S/C29H32FN9O2/c1-36-15-23(34-35-36)21-7-6-17-9-24(39(27(17)32-21)12-16-4-5-16)28-33-22-8-18(10-25(41-3)26(22)37(28)2)29(40)38-13-19(30)11-20(31)14-38/h6-10,15-16,19-20H,4-5,11-14,31H2,1-3H3/t19-,20-/m1/s1. The average Bonchev–Trinajstić information content (AvgIpc) is 3.42. The lowest BCUT2D eigenvalue weighted by Crippen LogP contribution is -2.50. The first-order valence-electron chi connectivity index (χ1n) is 13.9. The molecule has 12 heteroatoms. The van der Waals surface area contributed by atoms with Gasteiger partial charge in [-0.1, -0.05) is 5.21 Å². The number of hydrogen-bond donors (Lipinski definition) is 1. The molecule has 2 N–H and O–H groups in total. The zero-order valence-corrected chi connectivity index (χ0v) is 23.3. The third-order valence-corrected chi connectivity index (χ3v) is 8.10. The molecular weight excluding hydrogens is 525 g/mol. The number of methoxy groups -OCH3 is 1. The fraction of sp³-hybridized carbons (Fsp3) is 0.414. The number of nitrogens with zero attached hydrogens (tertiary/aromatic N) is 8. The van der Waals surface area contributed by atoms with Gasteiger partial charge in [0.2, 0.25) is 0 Å². The number of carbonyl (C=O) groups is 1. The number of carbonyl (C=O) groups excluding carboxylic acids is 1. The topological polar surface area (TPSA) is 122 Å². The van der Waals surface area contributed by atoms with Crippen molar-refractivity contribution < 1.29 is 13.9 Å². The molecule has 1 aliphatic heterocycles. The van der Waals surface area contributed by atoms with Gasteiger partial charge in [-0.2, -0.15) is 0 Å². The van der Waals surface area contributed by atoms with E-state index in [2.05, 4.69) is 27.0 Å². The van der Waals surface area contributed by atoms with Crippen LogP contribution in [0.3, 0.4) is 0 Å². The zero-order chi connectivity index (χ0) is 28.4. The maximum absolute atomic E-state index is 14.2. The van der Waals surface area contributed by atoms with E-state index < -0.39 is 6.17 Å². The summed E-state index contributed by atoms with van der Waals surface area (Å²) in [7, 11) is 5.36. The van der Waals surface area contributed by atoms with E-state index in [9.17, 15) is 9.18 Å². The Morgan fingerprint density at radius 2 is 1.95 bits per heavy atom. The Labute approximate surface area is 235 Å². The molecule has 212 valence electrons. The van der Waals surface area contributed by atoms with E-state index in [1.807, 2.05) is 30.9 Å². The minimum Gasteiger partial charge on any atom is -0.494 e. The third kappa shape index (κ3) is 4.51. The fourth-order valence-corrected chi connectivity index (χ4v) is 5.90. The minimum absolute atomic E-state index is 0.0329. The van der Waals surface area contributed by atoms with Gasteiger partial charge in [-0.3, -0.25) is 9.48 Å². The summed E-state index contributed by atoms with van der Waals surface area (Å²) in [6.45, 7) is 1.18. The number of pyridine rings is 1. The SMILES string of the molecule is COc1cc(C(=O)N2C[C@H](N)C[C@@H](F)C2)cc2nc(-c3cc4ccc(-c5cn(C)nn5)nc4n3CC3CC3)n(C)c12. The molecule has 0 spiro atoms. The van der Waals surface area contributed by atoms with Crippen molar-refractivity contribution in [1.82, 2.24) is 39.0 Å². The molecule has 0 unspecified atom stereocenters. The van der Waals surface area contributed by atoms with Crippen molar-refractivity contribution >= 4 is 28.0 Å². The highest BCUT2D eigenvalue weighted by molar-refractivity contribution is 6.00. The molecule has 7 rings (SSSR count). The first-order chi connectivity index (χ1) is 19.8. The summed E-state index contributed by atoms with van der Waals surface area (Å²) in [6, 6.07) is 9.21. The number of hydrogen-bond acceptors (Lipinski definition) is 7. The van der Waals surface area contributed by atoms with E-state index in [0.29, 0.717) is 35.0 Å². The van der Waals surface area contributed by atoms with Crippen molar-refractivity contribution in [2.24, 2.45) is 25.7 Å². The summed E-state index contributed by atoms with van der Waals surface area (Å²) in [5.74, 6) is 1.58. The Kier molecular flexibility index (Phi) is 6.03. The number of rotatable bonds is 6. The molecular formula is C29H32FN9O2. The Hall–Kier alpha value is -4.32. The lowest BCUT2D eigenvalue weighted by atomic mass is 10.0. The highest BCUT2D eigenvalue weighted by atomic mass is 19.1. The summed E-state index contributed by atoms with van der Waals surface area (Å²) < 4.78 is 25.9. The quantitative estimate of drug-likeness (QED) is 0.340. The molecule has 1 amide bonds. The predicted molar refractivity (Wildman–Crippen MR) is 152 cm³/mol. The summed E-state index contributed by atoms with van der Waals surface area (Å²) in [5, 5.41) is 9.30. The van der Waals surface area contributed by atoms with E-state index in [1.54, 1.807) is 23.9 Å². The molecule has 1 aromatic carbocycles. The maximum Gasteiger partial charge on any atom is 0.254 e. The van der Waals surface area contributed by atoms with E-state index in [0.717, 1.165) is 40.3 Å². The van der Waals surface area contributed by atoms with Crippen LogP contribution in [0.4, 0.5) is 4.39 Å². The molecule has 1 saturated heterocycles. The normalized spacial score (nSPS) is 19.4. The van der Waals surface area contributed by atoms with Gasteiger partial charge in [-0.05, 0) is 55.5 Å². The Morgan fingerprint density at radius 3 is 2.66 bits per heavy atom. The van der Waals surface area contributed by atoms with Crippen molar-refractivity contribution in [3.05, 3.63) is 42.1 Å². The van der Waals surface area contributed by atoms with Gasteiger partial charge in [-0.15, -0.1) is 5.10 Å². The molecule has 11 nitrogen and oxygen atoms in total. The predicted octanol–water partition coefficient (Wildman–Crippen LogP) is 3.32. The molecule has 1 aliphatic carbocycles. The van der Waals surface area contributed by atoms with Gasteiger partial charge in [0.1, 0.15) is 28.8 Å². The van der Waals surface area contributed by atoms with Crippen LogP contribution in [0.2, 0.25) is 0 Å². The minimum atomic E-state index is -1.13. The molecule has 5 heterocycles. The van der Waals surface area contributed by atoms with Crippen LogP contribution in [0.1, 0.15) is 29.6 Å². The van der Waals surface area contributed by atoms with Gasteiger partial charge in [0, 0.05) is 44.2 Å². The van der Waals surface area contributed by atoms with Gasteiger partial charge in [-0.25, -0.2) is 14.4 Å². The van der Waals surface area contributed by atoms with Crippen molar-refractivity contribution in [3.8, 4) is 28.7 Å². The molecule has 0 radical (unpaired) electrons. The van der Waals surface area contributed by atoms with Gasteiger partial charge in [0.25, 0.3) is 5.91 Å². The van der Waals surface area contributed by atoms with Gasteiger partial charge in [0.05, 0.1) is 36.8 Å². The Morgan fingerprint density at radius 1 is 1.12 bits per heavy atom. The van der Waals surface area contributed by atoms with Crippen LogP contribution in [-0.2, 0) is 20.6 Å². The lowest BCUT2D eigenvalue weighted by Gasteiger charge is -2.33. The summed E-state index contributed by atoms with van der Waals surface area (Å²) in [6.07, 6.45) is 3.35. The van der Waals surface area contributed by atoms with Crippen molar-refractivity contribution in [2.75, 3.05) is 20.2 Å². The monoisotopic (exact) mass is 557 g/mol. The number of alkyl halides is 1. The van der Waals surface area contributed by atoms with Crippen molar-refractivity contribution in [1.29, 1.82) is 0 Å². The number of fused-ring (bicyclic) bond motifs is 2. The number of aromatic nitrogens is 7. The molecule has 41 heavy (non-hydrogen) atoms. The molecule has 0 bridgehead atoms. The molecule has 1 saturated carbocycles. The van der Waals surface area contributed by atoms with Crippen LogP contribution >= 0.6 is 0 Å². The van der Waals surface area contributed by atoms with Crippen LogP contribution in [-0.4, -0.2) is 77.3 Å². The number of nitrogens with two attached hydrogens (primary N) is 1. The van der Waals surface area contributed by atoms with Crippen LogP contribution in [0.15, 0.2) is 36.5 Å². The van der Waals surface area contributed by atoms with Crippen LogP contribution in [0.5, 0.6) is 5.75 Å². The number of amides is 1. The molecule has 4 aromatic heterocycles. The number of likely N-dealkylation sites (tertiary alicyclic amines) is 1. The molecule has 2 aliphatic rings. The first-order valence-corrected chi connectivity index (χ1v) is 13.9. The largest absolute Gasteiger partial charge is 0.494 e. The summed E-state index contributed by atoms with van der Waals surface area (Å²) in [5.41, 5.74) is 11.1. The number of aryl methyl sites for hydroxylation is 2. The first kappa shape index (κ1) is 25.6. The second-order valence-electron chi connectivity index (χ2n) is 11.3. The highest BCUT2D eigenvalue weighted by Crippen LogP contribution is 2.38. The smallest absolute Gasteiger partial charge is 0.254 e. The molecule has 5 aromatic rings. The number of ether oxygens (including phenoxy) is 1. The van der Waals surface area contributed by atoms with Crippen molar-refractivity contribution in [2.45, 2.75) is 38.0 Å². The Balaban J connectivity index is 1.34. The summed E-state index contributed by atoms with van der Waals surface area (Å²) >= 11 is 0. The molecule has 2 atom stereocenters. The number of imidazole rings is 1. The van der Waals surface area contributed by atoms with E-state index in [1.165, 1.54) is 17.7 Å². The van der Waals surface area contributed by atoms with Gasteiger partial charge in [0.15, 0.2) is 5.82 Å². The maximum atomic E-state index is 14.2. The van der Waals surface area contributed by atoms with Crippen LogP contribution in [0.25, 0.3) is 45.0 Å². The Bertz CT molecular complexity index is 1790. The fourth-order valence-electron chi connectivity index (χ4n) is 5.90. The van der Waals surface area contributed by atoms with E-state index in [4.69, 9.17) is 20.4 Å². The van der Waals surface area contributed by atoms with E-state index in [-0.39, 0.29) is 24.9 Å². The molecule has 2 fully saturated rings. The van der Waals surface area contributed by atoms with Crippen molar-refractivity contribution in [3.63, 3.8) is 0 Å². The average molecular weight is 558 g/mol. The number of halogens is 1. The summed E-state index contributed by atoms with van der Waals surface area (Å²) in [4.78, 5) is 24.9. The third-order valence-electron chi connectivity index (χ3n) is 8.10. The van der Waals surface area contributed by atoms with Gasteiger partial charge >= 0.3 is 0 Å². The zero-order valence-electron chi connectivity index (χ0n) is 23.3. The van der Waals surface area contributed by atoms with Crippen LogP contribution in [0, 0.1) is 5.92 Å². The number of piperidine rings is 1. The van der Waals surface area contributed by atoms with Crippen LogP contribution < -0.4 is 10.5 Å². The second kappa shape index (κ2) is 9.65. The second-order valence-corrected chi connectivity index (χ2v) is 11.3. The highest BCUT2D eigenvalue weighted by Gasteiger charge is 2.30. The van der Waals surface area contributed by atoms with Gasteiger partial charge < -0.3 is 24.5 Å².